The number of urea groups is 1. The number of rotatable bonds is 1. The molecule has 1 atom stereocenters. The molecule has 2 aliphatic rings. The van der Waals surface area contributed by atoms with Gasteiger partial charge in [-0.15, -0.1) is 0 Å². The molecule has 0 N–H and O–H groups in total. The Kier molecular flexibility index (Phi) is 2.98. The minimum absolute atomic E-state index is 0.0678. The molecule has 0 aliphatic carbocycles. The molecule has 106 valence electrons. The number of hydrogen-bond acceptors (Lipinski definition) is 4. The summed E-state index contributed by atoms with van der Waals surface area (Å²) in [7, 11) is -3.30. The van der Waals surface area contributed by atoms with E-state index in [1.54, 1.807) is 24.3 Å². The van der Waals surface area contributed by atoms with E-state index in [9.17, 15) is 18.0 Å². The highest BCUT2D eigenvalue weighted by molar-refractivity contribution is 7.91. The van der Waals surface area contributed by atoms with Crippen LogP contribution < -0.4 is 4.90 Å². The fourth-order valence-corrected chi connectivity index (χ4v) is 4.01. The maximum Gasteiger partial charge on any atom is 0.332 e. The van der Waals surface area contributed by atoms with Crippen LogP contribution in [0.5, 0.6) is 0 Å². The number of halogens is 1. The number of imide groups is 1. The van der Waals surface area contributed by atoms with Gasteiger partial charge in [0.15, 0.2) is 9.84 Å². The topological polar surface area (TPSA) is 74.8 Å². The highest BCUT2D eigenvalue weighted by Crippen LogP contribution is 2.30. The van der Waals surface area contributed by atoms with Crippen LogP contribution in [-0.4, -0.2) is 42.9 Å². The van der Waals surface area contributed by atoms with Gasteiger partial charge < -0.3 is 0 Å². The summed E-state index contributed by atoms with van der Waals surface area (Å²) >= 11 is 5.77. The van der Waals surface area contributed by atoms with Crippen LogP contribution in [0.15, 0.2) is 24.3 Å². The molecule has 2 heterocycles. The Morgan fingerprint density at radius 3 is 2.45 bits per heavy atom. The number of sulfone groups is 1. The van der Waals surface area contributed by atoms with Crippen molar-refractivity contribution < 1.29 is 18.0 Å². The first-order valence-corrected chi connectivity index (χ1v) is 8.19. The second kappa shape index (κ2) is 4.46. The highest BCUT2D eigenvalue weighted by atomic mass is 35.5. The molecule has 0 radical (unpaired) electrons. The normalized spacial score (nSPS) is 24.9. The lowest BCUT2D eigenvalue weighted by Crippen LogP contribution is -2.45. The number of benzene rings is 1. The first kappa shape index (κ1) is 13.4. The summed E-state index contributed by atoms with van der Waals surface area (Å²) in [4.78, 5) is 26.7. The van der Waals surface area contributed by atoms with Crippen LogP contribution in [0, 0.1) is 0 Å². The average molecular weight is 315 g/mol. The van der Waals surface area contributed by atoms with Crippen molar-refractivity contribution in [3.63, 3.8) is 0 Å². The Hall–Kier alpha value is -1.60. The number of fused-ring (bicyclic) bond motifs is 1. The van der Waals surface area contributed by atoms with Crippen LogP contribution in [-0.2, 0) is 14.6 Å². The van der Waals surface area contributed by atoms with Crippen molar-refractivity contribution >= 4 is 39.1 Å². The first-order chi connectivity index (χ1) is 9.39. The van der Waals surface area contributed by atoms with Crippen LogP contribution in [0.25, 0.3) is 0 Å². The van der Waals surface area contributed by atoms with E-state index >= 15 is 0 Å². The lowest BCUT2D eigenvalue weighted by molar-refractivity contribution is -0.119. The molecule has 1 unspecified atom stereocenters. The number of nitrogens with zero attached hydrogens (tertiary/aromatic N) is 2. The summed E-state index contributed by atoms with van der Waals surface area (Å²) in [6.07, 6.45) is 0.150. The monoisotopic (exact) mass is 314 g/mol. The number of amides is 3. The van der Waals surface area contributed by atoms with Gasteiger partial charge in [-0.1, -0.05) is 11.6 Å². The zero-order valence-corrected chi connectivity index (χ0v) is 11.9. The van der Waals surface area contributed by atoms with E-state index in [1.165, 1.54) is 0 Å². The minimum atomic E-state index is -3.30. The summed E-state index contributed by atoms with van der Waals surface area (Å²) < 4.78 is 23.2. The van der Waals surface area contributed by atoms with E-state index in [-0.39, 0.29) is 18.1 Å². The van der Waals surface area contributed by atoms with Crippen molar-refractivity contribution in [1.29, 1.82) is 0 Å². The maximum absolute atomic E-state index is 12.3. The van der Waals surface area contributed by atoms with Crippen molar-refractivity contribution in [3.8, 4) is 0 Å². The van der Waals surface area contributed by atoms with Gasteiger partial charge in [0.2, 0.25) is 0 Å². The molecule has 2 aliphatic heterocycles. The zero-order chi connectivity index (χ0) is 14.5. The van der Waals surface area contributed by atoms with Gasteiger partial charge in [0.25, 0.3) is 5.91 Å². The SMILES string of the molecule is O=C1C2CCS(=O)(=O)CN2C(=O)N1c1ccc(Cl)cc1. The van der Waals surface area contributed by atoms with Gasteiger partial charge in [-0.25, -0.2) is 18.1 Å². The van der Waals surface area contributed by atoms with E-state index in [4.69, 9.17) is 11.6 Å². The summed E-state index contributed by atoms with van der Waals surface area (Å²) in [5.41, 5.74) is 0.399. The van der Waals surface area contributed by atoms with E-state index < -0.39 is 27.8 Å². The van der Waals surface area contributed by atoms with Gasteiger partial charge in [-0.3, -0.25) is 9.69 Å². The Morgan fingerprint density at radius 2 is 1.80 bits per heavy atom. The lowest BCUT2D eigenvalue weighted by Gasteiger charge is -2.25. The lowest BCUT2D eigenvalue weighted by atomic mass is 10.2. The summed E-state index contributed by atoms with van der Waals surface area (Å²) in [6, 6.07) is 5.00. The molecule has 0 spiro atoms. The third-order valence-electron chi connectivity index (χ3n) is 3.44. The minimum Gasteiger partial charge on any atom is -0.297 e. The van der Waals surface area contributed by atoms with E-state index in [0.29, 0.717) is 10.7 Å². The molecular weight excluding hydrogens is 304 g/mol. The molecule has 8 heteroatoms. The van der Waals surface area contributed by atoms with Gasteiger partial charge in [0, 0.05) is 5.02 Å². The summed E-state index contributed by atoms with van der Waals surface area (Å²) in [5.74, 6) is -0.847. The fourth-order valence-electron chi connectivity index (χ4n) is 2.46. The third kappa shape index (κ3) is 2.06. The predicted molar refractivity (Wildman–Crippen MR) is 73.2 cm³/mol. The Balaban J connectivity index is 1.97. The Labute approximate surface area is 120 Å². The number of carbonyl (C=O) groups excluding carboxylic acids is 2. The maximum atomic E-state index is 12.3. The second-order valence-electron chi connectivity index (χ2n) is 4.78. The molecule has 3 rings (SSSR count). The Morgan fingerprint density at radius 1 is 1.15 bits per heavy atom. The largest absolute Gasteiger partial charge is 0.332 e. The standard InChI is InChI=1S/C12H11ClN2O4S/c13-8-1-3-9(4-2-8)15-11(16)10-5-6-20(18,19)7-14(10)12(15)17/h1-4,10H,5-7H2. The fraction of sp³-hybridized carbons (Fsp3) is 0.333. The Bertz CT molecular complexity index is 686. The average Bonchev–Trinajstić information content (AvgIpc) is 2.62. The van der Waals surface area contributed by atoms with Crippen LogP contribution >= 0.6 is 11.6 Å². The number of anilines is 1. The summed E-state index contributed by atoms with van der Waals surface area (Å²) in [5, 5.41) is 0.494. The molecule has 20 heavy (non-hydrogen) atoms. The molecule has 0 aromatic heterocycles. The van der Waals surface area contributed by atoms with Crippen LogP contribution in [0.4, 0.5) is 10.5 Å². The van der Waals surface area contributed by atoms with Gasteiger partial charge in [0.05, 0.1) is 11.4 Å². The number of hydrogen-bond donors (Lipinski definition) is 0. The number of carbonyl (C=O) groups is 2. The van der Waals surface area contributed by atoms with Crippen molar-refractivity contribution in [2.45, 2.75) is 12.5 Å². The first-order valence-electron chi connectivity index (χ1n) is 6.00. The van der Waals surface area contributed by atoms with Crippen molar-refractivity contribution in [2.75, 3.05) is 16.5 Å². The van der Waals surface area contributed by atoms with E-state index in [0.717, 1.165) is 9.80 Å². The zero-order valence-electron chi connectivity index (χ0n) is 10.3. The molecule has 1 aromatic rings. The van der Waals surface area contributed by atoms with E-state index in [2.05, 4.69) is 0 Å². The second-order valence-corrected chi connectivity index (χ2v) is 7.37. The predicted octanol–water partition coefficient (Wildman–Crippen LogP) is 1.25. The van der Waals surface area contributed by atoms with Crippen molar-refractivity contribution in [3.05, 3.63) is 29.3 Å². The smallest absolute Gasteiger partial charge is 0.297 e. The third-order valence-corrected chi connectivity index (χ3v) is 5.22. The van der Waals surface area contributed by atoms with Gasteiger partial charge in [-0.05, 0) is 30.7 Å². The summed E-state index contributed by atoms with van der Waals surface area (Å²) in [6.45, 7) is 0. The van der Waals surface area contributed by atoms with Crippen LogP contribution in [0.2, 0.25) is 5.02 Å². The molecule has 6 nitrogen and oxygen atoms in total. The van der Waals surface area contributed by atoms with E-state index in [1.807, 2.05) is 0 Å². The molecular formula is C12H11ClN2O4S. The molecule has 2 fully saturated rings. The molecule has 1 aromatic carbocycles. The quantitative estimate of drug-likeness (QED) is 0.731. The van der Waals surface area contributed by atoms with Gasteiger partial charge in [0.1, 0.15) is 11.9 Å². The highest BCUT2D eigenvalue weighted by Gasteiger charge is 2.49. The van der Waals surface area contributed by atoms with Crippen molar-refractivity contribution in [1.82, 2.24) is 4.90 Å². The van der Waals surface area contributed by atoms with Gasteiger partial charge in [-0.2, -0.15) is 0 Å². The molecule has 0 saturated carbocycles. The molecule has 3 amide bonds. The molecule has 0 bridgehead atoms. The van der Waals surface area contributed by atoms with Gasteiger partial charge >= 0.3 is 6.03 Å². The van der Waals surface area contributed by atoms with Crippen molar-refractivity contribution in [2.24, 2.45) is 0 Å². The van der Waals surface area contributed by atoms with Crippen LogP contribution in [0.3, 0.4) is 0 Å². The van der Waals surface area contributed by atoms with Crippen LogP contribution in [0.1, 0.15) is 6.42 Å². The molecule has 2 saturated heterocycles.